The zero-order chi connectivity index (χ0) is 9.42. The number of aryl methyl sites for hydroxylation is 1. The maximum Gasteiger partial charge on any atom is 0.0727 e. The summed E-state index contributed by atoms with van der Waals surface area (Å²) in [5.74, 6) is 0. The molecular weight excluding hydrogens is 296 g/mol. The number of nitrogens with zero attached hydrogens (tertiary/aromatic N) is 1. The quantitative estimate of drug-likeness (QED) is 0.675. The molecule has 0 spiro atoms. The Morgan fingerprint density at radius 2 is 2.15 bits per heavy atom. The van der Waals surface area contributed by atoms with Gasteiger partial charge < -0.3 is 0 Å². The van der Waals surface area contributed by atoms with Gasteiger partial charge in [0, 0.05) is 15.2 Å². The van der Waals surface area contributed by atoms with Gasteiger partial charge in [-0.2, -0.15) is 0 Å². The highest BCUT2D eigenvalue weighted by atomic mass is 127. The van der Waals surface area contributed by atoms with E-state index in [0.29, 0.717) is 0 Å². The lowest BCUT2D eigenvalue weighted by molar-refractivity contribution is 1.33. The van der Waals surface area contributed by atoms with Crippen molar-refractivity contribution in [1.29, 1.82) is 0 Å². The Kier molecular flexibility index (Phi) is 2.43. The lowest BCUT2D eigenvalue weighted by Crippen LogP contribution is -1.84. The van der Waals surface area contributed by atoms with Crippen LogP contribution in [-0.4, -0.2) is 4.98 Å². The molecule has 0 aliphatic rings. The van der Waals surface area contributed by atoms with Crippen molar-refractivity contribution in [2.24, 2.45) is 0 Å². The second-order valence-corrected chi connectivity index (χ2v) is 4.54. The van der Waals surface area contributed by atoms with E-state index in [0.717, 1.165) is 21.5 Å². The number of hydrogen-bond donors (Lipinski definition) is 0. The summed E-state index contributed by atoms with van der Waals surface area (Å²) in [5.41, 5.74) is 1.98. The van der Waals surface area contributed by atoms with Gasteiger partial charge in [-0.3, -0.25) is 4.98 Å². The average Bonchev–Trinajstić information content (AvgIpc) is 2.12. The Morgan fingerprint density at radius 3 is 2.92 bits per heavy atom. The maximum absolute atomic E-state index is 6.14. The molecule has 0 radical (unpaired) electrons. The SMILES string of the molecule is Cc1cnc2cc(I)ccc2c1Cl. The monoisotopic (exact) mass is 303 g/mol. The number of pyridine rings is 1. The number of aromatic nitrogens is 1. The van der Waals surface area contributed by atoms with Crippen LogP contribution in [0.1, 0.15) is 5.56 Å². The van der Waals surface area contributed by atoms with Gasteiger partial charge in [-0.05, 0) is 47.2 Å². The van der Waals surface area contributed by atoms with E-state index in [2.05, 4.69) is 27.6 Å². The lowest BCUT2D eigenvalue weighted by atomic mass is 10.2. The summed E-state index contributed by atoms with van der Waals surface area (Å²) in [7, 11) is 0. The fourth-order valence-corrected chi connectivity index (χ4v) is 1.92. The Labute approximate surface area is 95.3 Å². The number of rotatable bonds is 0. The molecule has 2 rings (SSSR count). The van der Waals surface area contributed by atoms with Crippen LogP contribution in [0.15, 0.2) is 24.4 Å². The van der Waals surface area contributed by atoms with Crippen molar-refractivity contribution in [2.45, 2.75) is 6.92 Å². The number of fused-ring (bicyclic) bond motifs is 1. The highest BCUT2D eigenvalue weighted by Gasteiger charge is 2.02. The van der Waals surface area contributed by atoms with Gasteiger partial charge in [0.2, 0.25) is 0 Å². The first-order chi connectivity index (χ1) is 6.18. The molecule has 0 saturated carbocycles. The van der Waals surface area contributed by atoms with Crippen molar-refractivity contribution >= 4 is 45.1 Å². The maximum atomic E-state index is 6.14. The Bertz CT molecular complexity index is 468. The first kappa shape index (κ1) is 9.21. The zero-order valence-electron chi connectivity index (χ0n) is 7.01. The minimum absolute atomic E-state index is 0.807. The smallest absolute Gasteiger partial charge is 0.0727 e. The summed E-state index contributed by atoms with van der Waals surface area (Å²) in [5, 5.41) is 1.84. The van der Waals surface area contributed by atoms with E-state index in [1.807, 2.05) is 25.1 Å². The Hall–Kier alpha value is -0.350. The van der Waals surface area contributed by atoms with Gasteiger partial charge >= 0.3 is 0 Å². The number of benzene rings is 1. The van der Waals surface area contributed by atoms with E-state index in [4.69, 9.17) is 11.6 Å². The van der Waals surface area contributed by atoms with Crippen LogP contribution in [0, 0.1) is 10.5 Å². The molecule has 0 N–H and O–H groups in total. The Balaban J connectivity index is 2.87. The highest BCUT2D eigenvalue weighted by Crippen LogP contribution is 2.25. The van der Waals surface area contributed by atoms with Gasteiger partial charge in [0.1, 0.15) is 0 Å². The third-order valence-corrected chi connectivity index (χ3v) is 3.11. The van der Waals surface area contributed by atoms with Crippen molar-refractivity contribution in [1.82, 2.24) is 4.98 Å². The normalized spacial score (nSPS) is 10.7. The van der Waals surface area contributed by atoms with E-state index in [1.165, 1.54) is 3.57 Å². The molecule has 0 aliphatic heterocycles. The van der Waals surface area contributed by atoms with Crippen LogP contribution in [0.25, 0.3) is 10.9 Å². The summed E-state index contributed by atoms with van der Waals surface area (Å²) in [6, 6.07) is 6.08. The molecule has 0 atom stereocenters. The fourth-order valence-electron chi connectivity index (χ4n) is 1.23. The van der Waals surface area contributed by atoms with E-state index < -0.39 is 0 Å². The molecule has 2 aromatic rings. The largest absolute Gasteiger partial charge is 0.256 e. The van der Waals surface area contributed by atoms with E-state index >= 15 is 0 Å². The molecule has 0 amide bonds. The average molecular weight is 304 g/mol. The van der Waals surface area contributed by atoms with Gasteiger partial charge in [0.15, 0.2) is 0 Å². The highest BCUT2D eigenvalue weighted by molar-refractivity contribution is 14.1. The molecule has 1 aromatic carbocycles. The van der Waals surface area contributed by atoms with Gasteiger partial charge in [-0.15, -0.1) is 0 Å². The standard InChI is InChI=1S/C10H7ClIN/c1-6-5-13-9-4-7(12)2-3-8(9)10(6)11/h2-5H,1H3. The summed E-state index contributed by atoms with van der Waals surface area (Å²) in [6.07, 6.45) is 1.81. The summed E-state index contributed by atoms with van der Waals surface area (Å²) < 4.78 is 1.18. The third-order valence-electron chi connectivity index (χ3n) is 1.94. The minimum Gasteiger partial charge on any atom is -0.256 e. The molecule has 66 valence electrons. The molecular formula is C10H7ClIN. The van der Waals surface area contributed by atoms with Gasteiger partial charge in [-0.25, -0.2) is 0 Å². The summed E-state index contributed by atoms with van der Waals surface area (Å²) in [6.45, 7) is 1.97. The van der Waals surface area contributed by atoms with Crippen LogP contribution < -0.4 is 0 Å². The Morgan fingerprint density at radius 1 is 1.38 bits per heavy atom. The van der Waals surface area contributed by atoms with Gasteiger partial charge in [0.25, 0.3) is 0 Å². The molecule has 0 aliphatic carbocycles. The van der Waals surface area contributed by atoms with Crippen LogP contribution in [-0.2, 0) is 0 Å². The molecule has 1 nitrogen and oxygen atoms in total. The molecule has 3 heteroatoms. The zero-order valence-corrected chi connectivity index (χ0v) is 9.93. The van der Waals surface area contributed by atoms with E-state index in [9.17, 15) is 0 Å². The molecule has 1 heterocycles. The van der Waals surface area contributed by atoms with Gasteiger partial charge in [0.05, 0.1) is 10.5 Å². The summed E-state index contributed by atoms with van der Waals surface area (Å²) >= 11 is 8.40. The predicted octanol–water partition coefficient (Wildman–Crippen LogP) is 3.80. The molecule has 0 bridgehead atoms. The molecule has 1 aromatic heterocycles. The second kappa shape index (κ2) is 3.42. The minimum atomic E-state index is 0.807. The molecule has 0 unspecified atom stereocenters. The second-order valence-electron chi connectivity index (χ2n) is 2.92. The van der Waals surface area contributed by atoms with E-state index in [-0.39, 0.29) is 0 Å². The first-order valence-electron chi connectivity index (χ1n) is 3.89. The van der Waals surface area contributed by atoms with Crippen LogP contribution in [0.4, 0.5) is 0 Å². The lowest BCUT2D eigenvalue weighted by Gasteiger charge is -2.02. The topological polar surface area (TPSA) is 12.9 Å². The molecule has 0 fully saturated rings. The van der Waals surface area contributed by atoms with Gasteiger partial charge in [-0.1, -0.05) is 17.7 Å². The summed E-state index contributed by atoms with van der Waals surface area (Å²) in [4.78, 5) is 4.31. The van der Waals surface area contributed by atoms with Crippen LogP contribution in [0.3, 0.4) is 0 Å². The van der Waals surface area contributed by atoms with Crippen LogP contribution in [0.5, 0.6) is 0 Å². The third kappa shape index (κ3) is 1.65. The van der Waals surface area contributed by atoms with Crippen LogP contribution in [0.2, 0.25) is 5.02 Å². The molecule has 0 saturated heterocycles. The van der Waals surface area contributed by atoms with E-state index in [1.54, 1.807) is 6.20 Å². The first-order valence-corrected chi connectivity index (χ1v) is 5.34. The molecule has 13 heavy (non-hydrogen) atoms. The number of hydrogen-bond acceptors (Lipinski definition) is 1. The predicted molar refractivity (Wildman–Crippen MR) is 64.2 cm³/mol. The number of halogens is 2. The van der Waals surface area contributed by atoms with Crippen molar-refractivity contribution in [3.8, 4) is 0 Å². The van der Waals surface area contributed by atoms with Crippen molar-refractivity contribution in [2.75, 3.05) is 0 Å². The van der Waals surface area contributed by atoms with Crippen molar-refractivity contribution < 1.29 is 0 Å². The van der Waals surface area contributed by atoms with Crippen molar-refractivity contribution in [3.63, 3.8) is 0 Å². The fraction of sp³-hybridized carbons (Fsp3) is 0.100. The van der Waals surface area contributed by atoms with Crippen LogP contribution >= 0.6 is 34.2 Å². The van der Waals surface area contributed by atoms with Crippen molar-refractivity contribution in [3.05, 3.63) is 38.6 Å².